The fourth-order valence-electron chi connectivity index (χ4n) is 1.62. The predicted octanol–water partition coefficient (Wildman–Crippen LogP) is 1.09. The van der Waals surface area contributed by atoms with Gasteiger partial charge in [-0.3, -0.25) is 4.79 Å². The molecule has 0 aliphatic heterocycles. The zero-order valence-electron chi connectivity index (χ0n) is 6.49. The molecule has 12 heavy (non-hydrogen) atoms. The Labute approximate surface area is 70.2 Å². The van der Waals surface area contributed by atoms with Crippen molar-refractivity contribution in [2.45, 2.75) is 12.3 Å². The molecule has 0 heterocycles. The second-order valence-corrected chi connectivity index (χ2v) is 2.96. The lowest BCUT2D eigenvalue weighted by Gasteiger charge is -1.99. The molecule has 2 heteroatoms. The molecule has 0 saturated carbocycles. The Hall–Kier alpha value is -1.44. The molecular formula is C10H8O2. The molecular weight excluding hydrogens is 152 g/mol. The summed E-state index contributed by atoms with van der Waals surface area (Å²) >= 11 is 0. The predicted molar refractivity (Wildman–Crippen MR) is 44.0 cm³/mol. The third-order valence-corrected chi connectivity index (χ3v) is 2.24. The van der Waals surface area contributed by atoms with Gasteiger partial charge in [-0.15, -0.1) is 0 Å². The lowest BCUT2D eigenvalue weighted by atomic mass is 10.0. The van der Waals surface area contributed by atoms with Crippen LogP contribution in [0.1, 0.15) is 17.0 Å². The molecule has 0 aromatic heterocycles. The van der Waals surface area contributed by atoms with E-state index in [1.54, 1.807) is 0 Å². The third-order valence-electron chi connectivity index (χ3n) is 2.24. The van der Waals surface area contributed by atoms with Gasteiger partial charge in [0.25, 0.3) is 0 Å². The van der Waals surface area contributed by atoms with E-state index in [0.717, 1.165) is 17.4 Å². The molecule has 0 bridgehead atoms. The molecule has 2 rings (SSSR count). The van der Waals surface area contributed by atoms with Crippen LogP contribution < -0.4 is 0 Å². The van der Waals surface area contributed by atoms with Crippen LogP contribution in [0.3, 0.4) is 0 Å². The molecule has 1 unspecified atom stereocenters. The van der Waals surface area contributed by atoms with E-state index < -0.39 is 5.92 Å². The SMILES string of the molecule is O=CC1C(=O)Cc2ccccc21. The standard InChI is InChI=1S/C10H8O2/c11-6-9-8-4-2-1-3-7(8)5-10(9)12/h1-4,6,9H,5H2. The number of Topliss-reactive ketones (excluding diaryl/α,β-unsaturated/α-hetero) is 1. The highest BCUT2D eigenvalue weighted by molar-refractivity contribution is 6.03. The lowest BCUT2D eigenvalue weighted by molar-refractivity contribution is -0.122. The van der Waals surface area contributed by atoms with Crippen LogP contribution in [0.4, 0.5) is 0 Å². The van der Waals surface area contributed by atoms with Gasteiger partial charge >= 0.3 is 0 Å². The molecule has 1 aliphatic carbocycles. The van der Waals surface area contributed by atoms with Gasteiger partial charge in [0.05, 0.1) is 5.92 Å². The van der Waals surface area contributed by atoms with Crippen LogP contribution in [0.15, 0.2) is 24.3 Å². The van der Waals surface area contributed by atoms with Gasteiger partial charge in [-0.05, 0) is 11.1 Å². The summed E-state index contributed by atoms with van der Waals surface area (Å²) in [7, 11) is 0. The van der Waals surface area contributed by atoms with Gasteiger partial charge in [-0.1, -0.05) is 24.3 Å². The first kappa shape index (κ1) is 7.22. The highest BCUT2D eigenvalue weighted by atomic mass is 16.1. The molecule has 0 N–H and O–H groups in total. The van der Waals surface area contributed by atoms with Gasteiger partial charge in [0, 0.05) is 6.42 Å². The van der Waals surface area contributed by atoms with Gasteiger partial charge in [-0.2, -0.15) is 0 Å². The van der Waals surface area contributed by atoms with Crippen LogP contribution >= 0.6 is 0 Å². The zero-order chi connectivity index (χ0) is 8.55. The minimum Gasteiger partial charge on any atom is -0.302 e. The van der Waals surface area contributed by atoms with Crippen molar-refractivity contribution in [1.82, 2.24) is 0 Å². The number of benzene rings is 1. The number of ketones is 1. The van der Waals surface area contributed by atoms with E-state index >= 15 is 0 Å². The van der Waals surface area contributed by atoms with E-state index in [-0.39, 0.29) is 5.78 Å². The van der Waals surface area contributed by atoms with E-state index in [4.69, 9.17) is 0 Å². The van der Waals surface area contributed by atoms with Crippen LogP contribution in [-0.2, 0) is 16.0 Å². The smallest absolute Gasteiger partial charge is 0.151 e. The van der Waals surface area contributed by atoms with Crippen LogP contribution in [0.25, 0.3) is 0 Å². The normalized spacial score (nSPS) is 20.7. The summed E-state index contributed by atoms with van der Waals surface area (Å²) in [5.74, 6) is -0.479. The summed E-state index contributed by atoms with van der Waals surface area (Å²) in [5, 5.41) is 0. The Morgan fingerprint density at radius 2 is 2.08 bits per heavy atom. The molecule has 1 aromatic carbocycles. The third kappa shape index (κ3) is 0.881. The van der Waals surface area contributed by atoms with Gasteiger partial charge in [0.2, 0.25) is 0 Å². The fraction of sp³-hybridized carbons (Fsp3) is 0.200. The number of hydrogen-bond donors (Lipinski definition) is 0. The topological polar surface area (TPSA) is 34.1 Å². The first-order valence-electron chi connectivity index (χ1n) is 3.88. The molecule has 0 amide bonds. The summed E-state index contributed by atoms with van der Waals surface area (Å²) in [6.45, 7) is 0. The maximum absolute atomic E-state index is 11.2. The largest absolute Gasteiger partial charge is 0.302 e. The van der Waals surface area contributed by atoms with Gasteiger partial charge in [0.15, 0.2) is 5.78 Å². The van der Waals surface area contributed by atoms with E-state index in [9.17, 15) is 9.59 Å². The molecule has 0 spiro atoms. The zero-order valence-corrected chi connectivity index (χ0v) is 6.49. The first-order valence-corrected chi connectivity index (χ1v) is 3.88. The number of aldehydes is 1. The van der Waals surface area contributed by atoms with Crippen molar-refractivity contribution in [1.29, 1.82) is 0 Å². The maximum atomic E-state index is 11.2. The van der Waals surface area contributed by atoms with E-state index in [2.05, 4.69) is 0 Å². The number of rotatable bonds is 1. The van der Waals surface area contributed by atoms with Crippen molar-refractivity contribution in [2.24, 2.45) is 0 Å². The summed E-state index contributed by atoms with van der Waals surface area (Å²) in [6, 6.07) is 7.49. The Kier molecular flexibility index (Phi) is 1.54. The van der Waals surface area contributed by atoms with Gasteiger partial charge < -0.3 is 4.79 Å². The van der Waals surface area contributed by atoms with Crippen LogP contribution in [-0.4, -0.2) is 12.1 Å². The summed E-state index contributed by atoms with van der Waals surface area (Å²) in [5.41, 5.74) is 1.89. The molecule has 0 saturated heterocycles. The van der Waals surface area contributed by atoms with Crippen molar-refractivity contribution in [3.63, 3.8) is 0 Å². The average Bonchev–Trinajstić information content (AvgIpc) is 2.40. The Bertz CT molecular complexity index is 341. The molecule has 60 valence electrons. The van der Waals surface area contributed by atoms with Crippen LogP contribution in [0.2, 0.25) is 0 Å². The second-order valence-electron chi connectivity index (χ2n) is 2.96. The fourth-order valence-corrected chi connectivity index (χ4v) is 1.62. The minimum atomic E-state index is -0.499. The van der Waals surface area contributed by atoms with Gasteiger partial charge in [0.1, 0.15) is 6.29 Å². The maximum Gasteiger partial charge on any atom is 0.151 e. The minimum absolute atomic E-state index is 0.0196. The first-order chi connectivity index (χ1) is 5.83. The molecule has 0 radical (unpaired) electrons. The monoisotopic (exact) mass is 160 g/mol. The lowest BCUT2D eigenvalue weighted by Crippen LogP contribution is -2.06. The molecule has 1 aliphatic rings. The quantitative estimate of drug-likeness (QED) is 0.455. The molecule has 0 fully saturated rings. The Morgan fingerprint density at radius 1 is 1.33 bits per heavy atom. The van der Waals surface area contributed by atoms with Crippen molar-refractivity contribution in [2.75, 3.05) is 0 Å². The van der Waals surface area contributed by atoms with E-state index in [1.807, 2.05) is 24.3 Å². The van der Waals surface area contributed by atoms with Crippen molar-refractivity contribution in [3.05, 3.63) is 35.4 Å². The number of fused-ring (bicyclic) bond motifs is 1. The number of hydrogen-bond acceptors (Lipinski definition) is 2. The average molecular weight is 160 g/mol. The summed E-state index contributed by atoms with van der Waals surface area (Å²) in [4.78, 5) is 21.8. The summed E-state index contributed by atoms with van der Waals surface area (Å²) < 4.78 is 0. The summed E-state index contributed by atoms with van der Waals surface area (Å²) in [6.07, 6.45) is 1.15. The molecule has 2 nitrogen and oxygen atoms in total. The van der Waals surface area contributed by atoms with E-state index in [0.29, 0.717) is 6.42 Å². The second kappa shape index (κ2) is 2.55. The van der Waals surface area contributed by atoms with Crippen molar-refractivity contribution >= 4 is 12.1 Å². The van der Waals surface area contributed by atoms with Crippen molar-refractivity contribution < 1.29 is 9.59 Å². The van der Waals surface area contributed by atoms with Gasteiger partial charge in [-0.25, -0.2) is 0 Å². The number of carbonyl (C=O) groups is 2. The van der Waals surface area contributed by atoms with Crippen LogP contribution in [0.5, 0.6) is 0 Å². The van der Waals surface area contributed by atoms with E-state index in [1.165, 1.54) is 0 Å². The van der Waals surface area contributed by atoms with Crippen molar-refractivity contribution in [3.8, 4) is 0 Å². The highest BCUT2D eigenvalue weighted by Gasteiger charge is 2.29. The Morgan fingerprint density at radius 3 is 2.83 bits per heavy atom. The van der Waals surface area contributed by atoms with Crippen LogP contribution in [0, 0.1) is 0 Å². The molecule has 1 atom stereocenters. The Balaban J connectivity index is 2.54. The highest BCUT2D eigenvalue weighted by Crippen LogP contribution is 2.28. The number of carbonyl (C=O) groups excluding carboxylic acids is 2. The molecule has 1 aromatic rings.